The number of aromatic nitrogens is 3. The van der Waals surface area contributed by atoms with Crippen LogP contribution < -0.4 is 0 Å². The summed E-state index contributed by atoms with van der Waals surface area (Å²) in [6, 6.07) is 62.8. The number of benzene rings is 8. The van der Waals surface area contributed by atoms with Gasteiger partial charge in [0.15, 0.2) is 5.82 Å². The average Bonchev–Trinajstić information content (AvgIpc) is 3.78. The zero-order valence-corrected chi connectivity index (χ0v) is 28.8. The lowest BCUT2D eigenvalue weighted by atomic mass is 9.95. The van der Waals surface area contributed by atoms with E-state index in [1.54, 1.807) is 0 Å². The number of thiophene rings is 1. The molecule has 3 heterocycles. The molecular formula is C48H29N3S. The van der Waals surface area contributed by atoms with Gasteiger partial charge in [-0.3, -0.25) is 0 Å². The Bertz CT molecular complexity index is 3100. The van der Waals surface area contributed by atoms with Gasteiger partial charge < -0.3 is 4.57 Å². The van der Waals surface area contributed by atoms with Crippen LogP contribution >= 0.6 is 11.3 Å². The molecule has 52 heavy (non-hydrogen) atoms. The third kappa shape index (κ3) is 4.38. The SMILES string of the molecule is c1ccc(-c2cc(-c3ccccc3)nc(-c3ccc(-n4c5ccc6sc7ccccc7c6c5c5c6ccccc6c6ccccc6c54)cc3)n2)cc1. The Balaban J connectivity index is 1.19. The predicted molar refractivity (Wildman–Crippen MR) is 221 cm³/mol. The first-order valence-corrected chi connectivity index (χ1v) is 18.4. The van der Waals surface area contributed by atoms with Crippen molar-refractivity contribution in [1.29, 1.82) is 0 Å². The summed E-state index contributed by atoms with van der Waals surface area (Å²) in [4.78, 5) is 10.2. The summed E-state index contributed by atoms with van der Waals surface area (Å²) in [5.74, 6) is 0.705. The largest absolute Gasteiger partial charge is 0.309 e. The molecule has 0 aliphatic heterocycles. The van der Waals surface area contributed by atoms with E-state index < -0.39 is 0 Å². The van der Waals surface area contributed by atoms with Gasteiger partial charge in [-0.2, -0.15) is 0 Å². The maximum atomic E-state index is 5.11. The van der Waals surface area contributed by atoms with Gasteiger partial charge in [0.05, 0.1) is 22.4 Å². The average molecular weight is 680 g/mol. The van der Waals surface area contributed by atoms with Crippen LogP contribution in [0.2, 0.25) is 0 Å². The van der Waals surface area contributed by atoms with Crippen LogP contribution in [0.4, 0.5) is 0 Å². The van der Waals surface area contributed by atoms with Crippen molar-refractivity contribution in [3.05, 3.63) is 176 Å². The van der Waals surface area contributed by atoms with Crippen molar-refractivity contribution < 1.29 is 0 Å². The Hall–Kier alpha value is -6.62. The summed E-state index contributed by atoms with van der Waals surface area (Å²) in [7, 11) is 0. The summed E-state index contributed by atoms with van der Waals surface area (Å²) in [6.45, 7) is 0. The van der Waals surface area contributed by atoms with Crippen molar-refractivity contribution in [3.8, 4) is 39.6 Å². The molecule has 0 spiro atoms. The molecule has 0 radical (unpaired) electrons. The van der Waals surface area contributed by atoms with Crippen LogP contribution in [0.25, 0.3) is 103 Å². The molecule has 3 aromatic heterocycles. The molecule has 0 bridgehead atoms. The van der Waals surface area contributed by atoms with Gasteiger partial charge in [0, 0.05) is 58.7 Å². The maximum Gasteiger partial charge on any atom is 0.160 e. The minimum absolute atomic E-state index is 0.705. The van der Waals surface area contributed by atoms with Crippen LogP contribution in [0.3, 0.4) is 0 Å². The maximum absolute atomic E-state index is 5.11. The van der Waals surface area contributed by atoms with E-state index in [-0.39, 0.29) is 0 Å². The van der Waals surface area contributed by atoms with Crippen LogP contribution in [0.15, 0.2) is 176 Å². The third-order valence-corrected chi connectivity index (χ3v) is 11.5. The molecule has 0 aliphatic carbocycles. The highest BCUT2D eigenvalue weighted by atomic mass is 32.1. The van der Waals surface area contributed by atoms with Crippen LogP contribution in [-0.4, -0.2) is 14.5 Å². The standard InChI is InChI=1S/C48H29N3S/c1-3-13-30(14-4-1)39-29-40(31-15-5-2-6-16-31)50-48(49-39)32-23-25-33(26-24-32)51-41-27-28-43-44(38-21-11-12-22-42(38)52-43)46(41)45-36-19-9-7-17-34(36)35-18-8-10-20-37(35)47(45)51/h1-29H. The molecule has 11 aromatic rings. The Morgan fingerprint density at radius 2 is 0.942 bits per heavy atom. The highest BCUT2D eigenvalue weighted by Gasteiger charge is 2.22. The molecule has 0 aliphatic rings. The molecule has 11 rings (SSSR count). The van der Waals surface area contributed by atoms with E-state index in [4.69, 9.17) is 9.97 Å². The van der Waals surface area contributed by atoms with Crippen molar-refractivity contribution >= 4 is 74.9 Å². The number of nitrogens with zero attached hydrogens (tertiary/aromatic N) is 3. The van der Waals surface area contributed by atoms with Crippen LogP contribution in [0.1, 0.15) is 0 Å². The van der Waals surface area contributed by atoms with Crippen molar-refractivity contribution in [2.75, 3.05) is 0 Å². The molecule has 0 unspecified atom stereocenters. The van der Waals surface area contributed by atoms with Gasteiger partial charge in [-0.05, 0) is 64.7 Å². The first kappa shape index (κ1) is 29.1. The third-order valence-electron chi connectivity index (χ3n) is 10.4. The summed E-state index contributed by atoms with van der Waals surface area (Å²) in [5.41, 5.74) is 8.45. The highest BCUT2D eigenvalue weighted by Crippen LogP contribution is 2.47. The zero-order chi connectivity index (χ0) is 34.2. The first-order chi connectivity index (χ1) is 25.8. The molecule has 0 saturated heterocycles. The predicted octanol–water partition coefficient (Wildman–Crippen LogP) is 13.2. The minimum Gasteiger partial charge on any atom is -0.309 e. The molecule has 0 atom stereocenters. The number of fused-ring (bicyclic) bond motifs is 12. The van der Waals surface area contributed by atoms with E-state index >= 15 is 0 Å². The molecule has 242 valence electrons. The van der Waals surface area contributed by atoms with Gasteiger partial charge in [0.1, 0.15) is 0 Å². The van der Waals surface area contributed by atoms with Gasteiger partial charge in [0.2, 0.25) is 0 Å². The quantitative estimate of drug-likeness (QED) is 0.173. The lowest BCUT2D eigenvalue weighted by Gasteiger charge is -2.13. The Kier molecular flexibility index (Phi) is 6.42. The molecule has 8 aromatic carbocycles. The Morgan fingerprint density at radius 1 is 0.385 bits per heavy atom. The smallest absolute Gasteiger partial charge is 0.160 e. The fraction of sp³-hybridized carbons (Fsp3) is 0. The lowest BCUT2D eigenvalue weighted by Crippen LogP contribution is -1.97. The summed E-state index contributed by atoms with van der Waals surface area (Å²) in [6.07, 6.45) is 0. The van der Waals surface area contributed by atoms with Crippen LogP contribution in [0.5, 0.6) is 0 Å². The fourth-order valence-corrected chi connectivity index (χ4v) is 9.20. The van der Waals surface area contributed by atoms with Gasteiger partial charge >= 0.3 is 0 Å². The van der Waals surface area contributed by atoms with E-state index in [1.807, 2.05) is 23.5 Å². The second-order valence-corrected chi connectivity index (χ2v) is 14.4. The van der Waals surface area contributed by atoms with Gasteiger partial charge in [-0.15, -0.1) is 11.3 Å². The summed E-state index contributed by atoms with van der Waals surface area (Å²) in [5, 5.41) is 10.3. The number of rotatable bonds is 4. The zero-order valence-electron chi connectivity index (χ0n) is 28.0. The van der Waals surface area contributed by atoms with Gasteiger partial charge in [-0.25, -0.2) is 9.97 Å². The molecule has 0 fully saturated rings. The minimum atomic E-state index is 0.705. The summed E-state index contributed by atoms with van der Waals surface area (Å²) < 4.78 is 5.10. The van der Waals surface area contributed by atoms with Gasteiger partial charge in [-0.1, -0.05) is 127 Å². The van der Waals surface area contributed by atoms with Crippen molar-refractivity contribution in [3.63, 3.8) is 0 Å². The number of hydrogen-bond acceptors (Lipinski definition) is 3. The molecule has 0 amide bonds. The van der Waals surface area contributed by atoms with E-state index in [0.29, 0.717) is 5.82 Å². The molecular weight excluding hydrogens is 651 g/mol. The van der Waals surface area contributed by atoms with Gasteiger partial charge in [0.25, 0.3) is 0 Å². The first-order valence-electron chi connectivity index (χ1n) is 17.6. The Labute approximate surface area is 303 Å². The van der Waals surface area contributed by atoms with Crippen LogP contribution in [-0.2, 0) is 0 Å². The van der Waals surface area contributed by atoms with Crippen molar-refractivity contribution in [1.82, 2.24) is 14.5 Å². The normalized spacial score (nSPS) is 11.8. The number of hydrogen-bond donors (Lipinski definition) is 0. The fourth-order valence-electron chi connectivity index (χ4n) is 8.09. The monoisotopic (exact) mass is 679 g/mol. The van der Waals surface area contributed by atoms with Crippen LogP contribution in [0, 0.1) is 0 Å². The van der Waals surface area contributed by atoms with E-state index in [9.17, 15) is 0 Å². The molecule has 0 saturated carbocycles. The van der Waals surface area contributed by atoms with E-state index in [1.165, 1.54) is 63.5 Å². The second kappa shape index (κ2) is 11.5. The molecule has 3 nitrogen and oxygen atoms in total. The Morgan fingerprint density at radius 3 is 1.62 bits per heavy atom. The van der Waals surface area contributed by atoms with Crippen molar-refractivity contribution in [2.45, 2.75) is 0 Å². The molecule has 4 heteroatoms. The van der Waals surface area contributed by atoms with E-state index in [2.05, 4.69) is 168 Å². The molecule has 0 N–H and O–H groups in total. The van der Waals surface area contributed by atoms with E-state index in [0.717, 1.165) is 33.8 Å². The van der Waals surface area contributed by atoms with Crippen molar-refractivity contribution in [2.24, 2.45) is 0 Å². The lowest BCUT2D eigenvalue weighted by molar-refractivity contribution is 1.17. The topological polar surface area (TPSA) is 30.7 Å². The highest BCUT2D eigenvalue weighted by molar-refractivity contribution is 7.26. The summed E-state index contributed by atoms with van der Waals surface area (Å²) >= 11 is 1.87. The second-order valence-electron chi connectivity index (χ2n) is 13.3.